The molecule has 0 unspecified atom stereocenters. The van der Waals surface area contributed by atoms with E-state index < -0.39 is 0 Å². The monoisotopic (exact) mass is 240 g/mol. The van der Waals surface area contributed by atoms with Crippen molar-refractivity contribution < 1.29 is 0 Å². The third-order valence-corrected chi connectivity index (χ3v) is 3.32. The molecule has 0 radical (unpaired) electrons. The average molecular weight is 240 g/mol. The molecular formula is C14H16N4. The highest BCUT2D eigenvalue weighted by Crippen LogP contribution is 2.23. The van der Waals surface area contributed by atoms with Crippen LogP contribution >= 0.6 is 0 Å². The third kappa shape index (κ3) is 1.53. The molecule has 0 atom stereocenters. The summed E-state index contributed by atoms with van der Waals surface area (Å²) in [5.41, 5.74) is 5.63. The van der Waals surface area contributed by atoms with Crippen molar-refractivity contribution in [3.05, 3.63) is 42.2 Å². The number of nitrogens with zero attached hydrogens (tertiary/aromatic N) is 4. The van der Waals surface area contributed by atoms with Crippen LogP contribution in [0.4, 0.5) is 0 Å². The molecule has 1 aromatic carbocycles. The minimum absolute atomic E-state index is 0.949. The first-order valence-corrected chi connectivity index (χ1v) is 6.14. The summed E-state index contributed by atoms with van der Waals surface area (Å²) in [6.45, 7) is 4.22. The maximum absolute atomic E-state index is 4.50. The van der Waals surface area contributed by atoms with Crippen molar-refractivity contribution in [1.82, 2.24) is 19.1 Å². The summed E-state index contributed by atoms with van der Waals surface area (Å²) < 4.78 is 4.11. The molecule has 0 N–H and O–H groups in total. The van der Waals surface area contributed by atoms with E-state index in [0.717, 1.165) is 23.3 Å². The normalized spacial score (nSPS) is 11.3. The van der Waals surface area contributed by atoms with Crippen molar-refractivity contribution in [3.8, 4) is 5.69 Å². The zero-order chi connectivity index (χ0) is 12.7. The van der Waals surface area contributed by atoms with Gasteiger partial charge in [0, 0.05) is 13.2 Å². The Kier molecular flexibility index (Phi) is 2.44. The number of hydrogen-bond acceptors (Lipinski definition) is 2. The van der Waals surface area contributed by atoms with Crippen molar-refractivity contribution >= 4 is 11.0 Å². The van der Waals surface area contributed by atoms with E-state index in [-0.39, 0.29) is 0 Å². The number of hydrogen-bond donors (Lipinski definition) is 0. The molecule has 4 nitrogen and oxygen atoms in total. The first-order valence-electron chi connectivity index (χ1n) is 6.14. The summed E-state index contributed by atoms with van der Waals surface area (Å²) >= 11 is 0. The standard InChI is InChI=1S/C14H16N4/c1-4-11-7-18(9-15-11)12-6-5-10(2)14-13(12)16-8-17(14)3/h5-9H,4H2,1-3H3. The van der Waals surface area contributed by atoms with E-state index in [4.69, 9.17) is 0 Å². The second kappa shape index (κ2) is 3.98. The fraction of sp³-hybridized carbons (Fsp3) is 0.286. The van der Waals surface area contributed by atoms with Gasteiger partial charge in [-0.2, -0.15) is 0 Å². The van der Waals surface area contributed by atoms with Gasteiger partial charge >= 0.3 is 0 Å². The van der Waals surface area contributed by atoms with Crippen LogP contribution in [-0.4, -0.2) is 19.1 Å². The molecule has 92 valence electrons. The molecule has 0 amide bonds. The molecule has 0 bridgehead atoms. The summed E-state index contributed by atoms with van der Waals surface area (Å²) in [6, 6.07) is 4.23. The minimum atomic E-state index is 0.949. The highest BCUT2D eigenvalue weighted by atomic mass is 15.1. The first-order chi connectivity index (χ1) is 8.70. The van der Waals surface area contributed by atoms with Gasteiger partial charge in [-0.15, -0.1) is 0 Å². The number of rotatable bonds is 2. The number of benzene rings is 1. The lowest BCUT2D eigenvalue weighted by atomic mass is 10.1. The topological polar surface area (TPSA) is 35.6 Å². The number of aromatic nitrogens is 4. The van der Waals surface area contributed by atoms with Gasteiger partial charge < -0.3 is 9.13 Å². The van der Waals surface area contributed by atoms with Crippen LogP contribution in [0.1, 0.15) is 18.2 Å². The van der Waals surface area contributed by atoms with Crippen LogP contribution < -0.4 is 0 Å². The smallest absolute Gasteiger partial charge is 0.113 e. The molecule has 3 rings (SSSR count). The average Bonchev–Trinajstić information content (AvgIpc) is 2.97. The Balaban J connectivity index is 2.26. The molecule has 4 heteroatoms. The van der Waals surface area contributed by atoms with Crippen molar-refractivity contribution in [2.75, 3.05) is 0 Å². The molecule has 18 heavy (non-hydrogen) atoms. The first kappa shape index (κ1) is 11.0. The summed E-state index contributed by atoms with van der Waals surface area (Å²) in [7, 11) is 2.03. The molecule has 0 fully saturated rings. The predicted molar refractivity (Wildman–Crippen MR) is 72.0 cm³/mol. The van der Waals surface area contributed by atoms with Crippen LogP contribution in [0.15, 0.2) is 31.0 Å². The van der Waals surface area contributed by atoms with Gasteiger partial charge in [-0.05, 0) is 25.0 Å². The SMILES string of the molecule is CCc1cn(-c2ccc(C)c3c2ncn3C)cn1. The van der Waals surface area contributed by atoms with Crippen LogP contribution in [-0.2, 0) is 13.5 Å². The lowest BCUT2D eigenvalue weighted by Gasteiger charge is -2.06. The van der Waals surface area contributed by atoms with Crippen molar-refractivity contribution in [2.45, 2.75) is 20.3 Å². The molecule has 0 spiro atoms. The fourth-order valence-corrected chi connectivity index (χ4v) is 2.33. The van der Waals surface area contributed by atoms with Gasteiger partial charge in [0.2, 0.25) is 0 Å². The Hall–Kier alpha value is -2.10. The van der Waals surface area contributed by atoms with Gasteiger partial charge in [0.05, 0.1) is 29.6 Å². The van der Waals surface area contributed by atoms with Gasteiger partial charge in [0.15, 0.2) is 0 Å². The molecule has 0 saturated heterocycles. The van der Waals surface area contributed by atoms with E-state index in [9.17, 15) is 0 Å². The minimum Gasteiger partial charge on any atom is -0.333 e. The van der Waals surface area contributed by atoms with Gasteiger partial charge in [-0.3, -0.25) is 0 Å². The van der Waals surface area contributed by atoms with Crippen LogP contribution in [0, 0.1) is 6.92 Å². The highest BCUT2D eigenvalue weighted by molar-refractivity contribution is 5.86. The summed E-state index contributed by atoms with van der Waals surface area (Å²) in [6.07, 6.45) is 6.74. The number of fused-ring (bicyclic) bond motifs is 1. The zero-order valence-corrected chi connectivity index (χ0v) is 10.9. The lowest BCUT2D eigenvalue weighted by molar-refractivity contribution is 0.944. The second-order valence-electron chi connectivity index (χ2n) is 4.58. The Bertz CT molecular complexity index is 706. The van der Waals surface area contributed by atoms with E-state index in [1.807, 2.05) is 24.3 Å². The van der Waals surface area contributed by atoms with E-state index >= 15 is 0 Å². The van der Waals surface area contributed by atoms with Gasteiger partial charge in [-0.25, -0.2) is 9.97 Å². The maximum atomic E-state index is 4.50. The molecule has 0 saturated carbocycles. The molecule has 0 aliphatic heterocycles. The Morgan fingerprint density at radius 3 is 2.72 bits per heavy atom. The van der Waals surface area contributed by atoms with E-state index in [2.05, 4.69) is 46.7 Å². The van der Waals surface area contributed by atoms with Gasteiger partial charge in [0.1, 0.15) is 5.52 Å². The summed E-state index contributed by atoms with van der Waals surface area (Å²) in [5, 5.41) is 0. The molecule has 0 aliphatic carbocycles. The third-order valence-electron chi connectivity index (χ3n) is 3.32. The second-order valence-corrected chi connectivity index (χ2v) is 4.58. The summed E-state index contributed by atoms with van der Waals surface area (Å²) in [4.78, 5) is 8.88. The van der Waals surface area contributed by atoms with Crippen molar-refractivity contribution in [2.24, 2.45) is 7.05 Å². The number of aryl methyl sites for hydroxylation is 3. The summed E-state index contributed by atoms with van der Waals surface area (Å²) in [5.74, 6) is 0. The van der Waals surface area contributed by atoms with Crippen LogP contribution in [0.25, 0.3) is 16.7 Å². The zero-order valence-electron chi connectivity index (χ0n) is 10.9. The van der Waals surface area contributed by atoms with Crippen LogP contribution in [0.2, 0.25) is 0 Å². The van der Waals surface area contributed by atoms with E-state index in [0.29, 0.717) is 0 Å². The van der Waals surface area contributed by atoms with Gasteiger partial charge in [-0.1, -0.05) is 13.0 Å². The van der Waals surface area contributed by atoms with Crippen LogP contribution in [0.3, 0.4) is 0 Å². The quantitative estimate of drug-likeness (QED) is 0.690. The highest BCUT2D eigenvalue weighted by Gasteiger charge is 2.10. The van der Waals surface area contributed by atoms with Crippen molar-refractivity contribution in [1.29, 1.82) is 0 Å². The largest absolute Gasteiger partial charge is 0.333 e. The lowest BCUT2D eigenvalue weighted by Crippen LogP contribution is -1.94. The van der Waals surface area contributed by atoms with E-state index in [1.54, 1.807) is 0 Å². The Morgan fingerprint density at radius 2 is 2.00 bits per heavy atom. The number of imidazole rings is 2. The van der Waals surface area contributed by atoms with E-state index in [1.165, 1.54) is 11.1 Å². The van der Waals surface area contributed by atoms with Gasteiger partial charge in [0.25, 0.3) is 0 Å². The molecule has 0 aliphatic rings. The maximum Gasteiger partial charge on any atom is 0.113 e. The molecule has 2 aromatic heterocycles. The Labute approximate surface area is 106 Å². The van der Waals surface area contributed by atoms with Crippen LogP contribution in [0.5, 0.6) is 0 Å². The predicted octanol–water partition coefficient (Wildman–Crippen LogP) is 2.63. The van der Waals surface area contributed by atoms with Crippen molar-refractivity contribution in [3.63, 3.8) is 0 Å². The molecule has 2 heterocycles. The molecular weight excluding hydrogens is 224 g/mol. The Morgan fingerprint density at radius 1 is 1.17 bits per heavy atom. The molecule has 3 aromatic rings. The fourth-order valence-electron chi connectivity index (χ4n) is 2.33.